The van der Waals surface area contributed by atoms with Gasteiger partial charge in [0.25, 0.3) is 5.91 Å². The molecule has 4 nitrogen and oxygen atoms in total. The van der Waals surface area contributed by atoms with Crippen LogP contribution >= 0.6 is 11.3 Å². The van der Waals surface area contributed by atoms with Crippen LogP contribution in [-0.4, -0.2) is 50.3 Å². The van der Waals surface area contributed by atoms with Crippen LogP contribution in [0.1, 0.15) is 10.4 Å². The number of amides is 1. The second kappa shape index (κ2) is 7.05. The standard InChI is InChI=1S/C17H19NO3S/c1-18(11-15-12-20-8-9-21-15)17(19)14-6-4-13(5-7-14)16-3-2-10-22-16/h2-7,10,15H,8-9,11-12H2,1H3. The fourth-order valence-corrected chi connectivity index (χ4v) is 3.20. The van der Waals surface area contributed by atoms with Gasteiger partial charge in [0.15, 0.2) is 0 Å². The summed E-state index contributed by atoms with van der Waals surface area (Å²) in [5.74, 6) is 0.00639. The number of hydrogen-bond acceptors (Lipinski definition) is 4. The van der Waals surface area contributed by atoms with Gasteiger partial charge in [0.2, 0.25) is 0 Å². The zero-order valence-electron chi connectivity index (χ0n) is 12.5. The molecule has 1 fully saturated rings. The van der Waals surface area contributed by atoms with Gasteiger partial charge in [-0.15, -0.1) is 11.3 Å². The van der Waals surface area contributed by atoms with E-state index in [1.807, 2.05) is 30.3 Å². The molecular weight excluding hydrogens is 298 g/mol. The molecule has 0 saturated carbocycles. The Hall–Kier alpha value is -1.69. The lowest BCUT2D eigenvalue weighted by Gasteiger charge is -2.27. The van der Waals surface area contributed by atoms with Crippen molar-refractivity contribution in [3.63, 3.8) is 0 Å². The number of benzene rings is 1. The third kappa shape index (κ3) is 3.55. The van der Waals surface area contributed by atoms with E-state index in [0.29, 0.717) is 31.9 Å². The summed E-state index contributed by atoms with van der Waals surface area (Å²) in [4.78, 5) is 15.4. The van der Waals surface area contributed by atoms with E-state index in [-0.39, 0.29) is 12.0 Å². The molecule has 1 atom stereocenters. The summed E-state index contributed by atoms with van der Waals surface area (Å²) in [6, 6.07) is 11.9. The normalized spacial score (nSPS) is 18.1. The molecular formula is C17H19NO3S. The quantitative estimate of drug-likeness (QED) is 0.870. The highest BCUT2D eigenvalue weighted by molar-refractivity contribution is 7.13. The maximum Gasteiger partial charge on any atom is 0.253 e. The molecule has 116 valence electrons. The summed E-state index contributed by atoms with van der Waals surface area (Å²) in [6.07, 6.45) is -0.0342. The Labute approximate surface area is 134 Å². The molecule has 0 aliphatic carbocycles. The van der Waals surface area contributed by atoms with Gasteiger partial charge in [0.1, 0.15) is 0 Å². The third-order valence-corrected chi connectivity index (χ3v) is 4.57. The minimum absolute atomic E-state index is 0.00639. The van der Waals surface area contributed by atoms with E-state index >= 15 is 0 Å². The van der Waals surface area contributed by atoms with Crippen molar-refractivity contribution in [1.29, 1.82) is 0 Å². The minimum atomic E-state index is -0.0342. The van der Waals surface area contributed by atoms with Gasteiger partial charge in [-0.25, -0.2) is 0 Å². The van der Waals surface area contributed by atoms with Crippen LogP contribution in [0.5, 0.6) is 0 Å². The van der Waals surface area contributed by atoms with Gasteiger partial charge in [-0.2, -0.15) is 0 Å². The number of carbonyl (C=O) groups is 1. The average molecular weight is 317 g/mol. The van der Waals surface area contributed by atoms with Crippen LogP contribution in [0.3, 0.4) is 0 Å². The first-order valence-electron chi connectivity index (χ1n) is 7.33. The Morgan fingerprint density at radius 1 is 1.27 bits per heavy atom. The SMILES string of the molecule is CN(CC1COCCO1)C(=O)c1ccc(-c2cccs2)cc1. The van der Waals surface area contributed by atoms with E-state index in [4.69, 9.17) is 9.47 Å². The van der Waals surface area contributed by atoms with Crippen molar-refractivity contribution in [2.45, 2.75) is 6.10 Å². The van der Waals surface area contributed by atoms with E-state index in [1.165, 1.54) is 4.88 Å². The molecule has 1 aliphatic heterocycles. The molecule has 2 aromatic rings. The molecule has 0 N–H and O–H groups in total. The van der Waals surface area contributed by atoms with Crippen molar-refractivity contribution in [2.24, 2.45) is 0 Å². The van der Waals surface area contributed by atoms with Crippen LogP contribution in [0.2, 0.25) is 0 Å². The summed E-state index contributed by atoms with van der Waals surface area (Å²) in [7, 11) is 1.80. The maximum absolute atomic E-state index is 12.4. The first-order chi connectivity index (χ1) is 10.7. The Balaban J connectivity index is 1.63. The molecule has 0 bridgehead atoms. The molecule has 1 saturated heterocycles. The Morgan fingerprint density at radius 2 is 2.09 bits per heavy atom. The lowest BCUT2D eigenvalue weighted by molar-refractivity contribution is -0.0933. The van der Waals surface area contributed by atoms with E-state index in [9.17, 15) is 4.79 Å². The van der Waals surface area contributed by atoms with E-state index in [0.717, 1.165) is 5.56 Å². The monoisotopic (exact) mass is 317 g/mol. The lowest BCUT2D eigenvalue weighted by atomic mass is 10.1. The molecule has 22 heavy (non-hydrogen) atoms. The van der Waals surface area contributed by atoms with Crippen LogP contribution in [0.15, 0.2) is 41.8 Å². The fraction of sp³-hybridized carbons (Fsp3) is 0.353. The van der Waals surface area contributed by atoms with Crippen LogP contribution in [0.4, 0.5) is 0 Å². The summed E-state index contributed by atoms with van der Waals surface area (Å²) < 4.78 is 10.9. The summed E-state index contributed by atoms with van der Waals surface area (Å²) >= 11 is 1.69. The number of thiophene rings is 1. The van der Waals surface area contributed by atoms with Crippen molar-refractivity contribution in [3.8, 4) is 10.4 Å². The van der Waals surface area contributed by atoms with Gasteiger partial charge < -0.3 is 14.4 Å². The van der Waals surface area contributed by atoms with Gasteiger partial charge in [-0.3, -0.25) is 4.79 Å². The fourth-order valence-electron chi connectivity index (χ4n) is 2.47. The van der Waals surface area contributed by atoms with E-state index < -0.39 is 0 Å². The van der Waals surface area contributed by atoms with Gasteiger partial charge in [0, 0.05) is 24.0 Å². The summed E-state index contributed by atoms with van der Waals surface area (Å²) in [5.41, 5.74) is 1.83. The molecule has 1 amide bonds. The second-order valence-electron chi connectivity index (χ2n) is 5.31. The molecule has 0 radical (unpaired) electrons. The minimum Gasteiger partial charge on any atom is -0.376 e. The van der Waals surface area contributed by atoms with Gasteiger partial charge >= 0.3 is 0 Å². The van der Waals surface area contributed by atoms with Crippen molar-refractivity contribution < 1.29 is 14.3 Å². The van der Waals surface area contributed by atoms with Crippen molar-refractivity contribution in [1.82, 2.24) is 4.90 Å². The summed E-state index contributed by atoms with van der Waals surface area (Å²) in [5, 5.41) is 2.05. The number of likely N-dealkylation sites (N-methyl/N-ethyl adjacent to an activating group) is 1. The van der Waals surface area contributed by atoms with E-state index in [1.54, 1.807) is 23.3 Å². The smallest absolute Gasteiger partial charge is 0.253 e. The average Bonchev–Trinajstić information content (AvgIpc) is 3.10. The van der Waals surface area contributed by atoms with Gasteiger partial charge in [0.05, 0.1) is 25.9 Å². The number of nitrogens with zero attached hydrogens (tertiary/aromatic N) is 1. The molecule has 2 heterocycles. The number of ether oxygens (including phenoxy) is 2. The Morgan fingerprint density at radius 3 is 2.73 bits per heavy atom. The first kappa shape index (κ1) is 15.2. The van der Waals surface area contributed by atoms with Crippen molar-refractivity contribution in [3.05, 3.63) is 47.3 Å². The molecule has 1 aromatic carbocycles. The zero-order chi connectivity index (χ0) is 15.4. The molecule has 5 heteroatoms. The Bertz CT molecular complexity index is 603. The number of rotatable bonds is 4. The number of carbonyl (C=O) groups excluding carboxylic acids is 1. The lowest BCUT2D eigenvalue weighted by Crippen LogP contribution is -2.40. The molecule has 3 rings (SSSR count). The topological polar surface area (TPSA) is 38.8 Å². The number of hydrogen-bond donors (Lipinski definition) is 0. The highest BCUT2D eigenvalue weighted by Crippen LogP contribution is 2.24. The largest absolute Gasteiger partial charge is 0.376 e. The highest BCUT2D eigenvalue weighted by Gasteiger charge is 2.20. The van der Waals surface area contributed by atoms with Crippen LogP contribution in [-0.2, 0) is 9.47 Å². The zero-order valence-corrected chi connectivity index (χ0v) is 13.3. The molecule has 1 aliphatic rings. The molecule has 0 spiro atoms. The highest BCUT2D eigenvalue weighted by atomic mass is 32.1. The van der Waals surface area contributed by atoms with Crippen molar-refractivity contribution >= 4 is 17.2 Å². The third-order valence-electron chi connectivity index (χ3n) is 3.65. The first-order valence-corrected chi connectivity index (χ1v) is 8.21. The van der Waals surface area contributed by atoms with Gasteiger partial charge in [-0.05, 0) is 29.1 Å². The van der Waals surface area contributed by atoms with E-state index in [2.05, 4.69) is 11.4 Å². The summed E-state index contributed by atoms with van der Waals surface area (Å²) in [6.45, 7) is 2.33. The van der Waals surface area contributed by atoms with Crippen LogP contribution in [0, 0.1) is 0 Å². The van der Waals surface area contributed by atoms with Crippen LogP contribution in [0.25, 0.3) is 10.4 Å². The second-order valence-corrected chi connectivity index (χ2v) is 6.26. The predicted octanol–water partition coefficient (Wildman–Crippen LogP) is 2.90. The molecule has 1 aromatic heterocycles. The van der Waals surface area contributed by atoms with Gasteiger partial charge in [-0.1, -0.05) is 18.2 Å². The van der Waals surface area contributed by atoms with Crippen LogP contribution < -0.4 is 0 Å². The molecule has 1 unspecified atom stereocenters. The maximum atomic E-state index is 12.4. The van der Waals surface area contributed by atoms with Crippen molar-refractivity contribution in [2.75, 3.05) is 33.4 Å². The Kier molecular flexibility index (Phi) is 4.87. The predicted molar refractivity (Wildman–Crippen MR) is 87.3 cm³/mol.